The van der Waals surface area contributed by atoms with Gasteiger partial charge in [0.05, 0.1) is 31.3 Å². The Morgan fingerprint density at radius 3 is 1.20 bits per heavy atom. The van der Waals surface area contributed by atoms with Gasteiger partial charge in [0.1, 0.15) is 0 Å². The van der Waals surface area contributed by atoms with Gasteiger partial charge in [0.2, 0.25) is 5.91 Å². The molecule has 0 bridgehead atoms. The van der Waals surface area contributed by atoms with Gasteiger partial charge in [-0.15, -0.1) is 0 Å². The van der Waals surface area contributed by atoms with Crippen molar-refractivity contribution in [2.24, 2.45) is 0 Å². The van der Waals surface area contributed by atoms with Crippen molar-refractivity contribution in [3.05, 3.63) is 24.3 Å². The van der Waals surface area contributed by atoms with E-state index in [0.29, 0.717) is 6.42 Å². The molecule has 1 amide bonds. The quantitative estimate of drug-likeness (QED) is 0.0374. The lowest BCUT2D eigenvalue weighted by Gasteiger charge is -2.21. The standard InChI is InChI=1S/C46H89NO4/c1-3-5-7-9-11-13-15-16-17-18-19-20-21-22-23-24-25-26-27-28-30-31-33-35-37-39-43(49)41-46(51)47-44(42-48)45(50)40-38-36-34-32-29-14-12-10-8-6-4-2/h22-23,38,40,43-45,48-50H,3-21,24-37,39,41-42H2,1-2H3,(H,47,51)/b23-22-,40-38+. The van der Waals surface area contributed by atoms with E-state index in [1.54, 1.807) is 6.08 Å². The topological polar surface area (TPSA) is 89.8 Å². The number of aliphatic hydroxyl groups is 3. The molecule has 5 nitrogen and oxygen atoms in total. The summed E-state index contributed by atoms with van der Waals surface area (Å²) in [6.07, 6.45) is 50.5. The normalized spacial score (nSPS) is 13.7. The lowest BCUT2D eigenvalue weighted by molar-refractivity contribution is -0.124. The number of amides is 1. The van der Waals surface area contributed by atoms with Crippen molar-refractivity contribution >= 4 is 5.91 Å². The van der Waals surface area contributed by atoms with Gasteiger partial charge in [0.25, 0.3) is 0 Å². The van der Waals surface area contributed by atoms with Gasteiger partial charge in [-0.25, -0.2) is 0 Å². The van der Waals surface area contributed by atoms with Gasteiger partial charge in [-0.1, -0.05) is 212 Å². The minimum atomic E-state index is -0.926. The van der Waals surface area contributed by atoms with Gasteiger partial charge < -0.3 is 20.6 Å². The van der Waals surface area contributed by atoms with Crippen LogP contribution in [0.5, 0.6) is 0 Å². The van der Waals surface area contributed by atoms with Crippen molar-refractivity contribution in [2.75, 3.05) is 6.61 Å². The van der Waals surface area contributed by atoms with Crippen LogP contribution in [0.2, 0.25) is 0 Å². The Bertz CT molecular complexity index is 754. The van der Waals surface area contributed by atoms with E-state index in [1.807, 2.05) is 6.08 Å². The molecule has 0 saturated heterocycles. The molecule has 0 fully saturated rings. The minimum absolute atomic E-state index is 0.0139. The van der Waals surface area contributed by atoms with E-state index in [4.69, 9.17) is 0 Å². The number of aliphatic hydroxyl groups excluding tert-OH is 3. The third kappa shape index (κ3) is 38.4. The smallest absolute Gasteiger partial charge is 0.222 e. The van der Waals surface area contributed by atoms with Gasteiger partial charge >= 0.3 is 0 Å². The average molecular weight is 720 g/mol. The second-order valence-corrected chi connectivity index (χ2v) is 15.7. The first-order chi connectivity index (χ1) is 25.0. The van der Waals surface area contributed by atoms with E-state index < -0.39 is 18.2 Å². The van der Waals surface area contributed by atoms with Crippen molar-refractivity contribution in [3.63, 3.8) is 0 Å². The molecular formula is C46H89NO4. The van der Waals surface area contributed by atoms with E-state index in [-0.39, 0.29) is 18.9 Å². The average Bonchev–Trinajstić information content (AvgIpc) is 3.12. The third-order valence-electron chi connectivity index (χ3n) is 10.5. The fourth-order valence-electron chi connectivity index (χ4n) is 6.98. The number of hydrogen-bond donors (Lipinski definition) is 4. The number of rotatable bonds is 41. The Hall–Kier alpha value is -1.17. The molecule has 0 radical (unpaired) electrons. The van der Waals surface area contributed by atoms with Crippen LogP contribution in [0.15, 0.2) is 24.3 Å². The summed E-state index contributed by atoms with van der Waals surface area (Å²) >= 11 is 0. The maximum Gasteiger partial charge on any atom is 0.222 e. The molecule has 0 spiro atoms. The molecule has 0 heterocycles. The fraction of sp³-hybridized carbons (Fsp3) is 0.891. The Morgan fingerprint density at radius 2 is 0.824 bits per heavy atom. The van der Waals surface area contributed by atoms with Gasteiger partial charge in [0.15, 0.2) is 0 Å². The zero-order valence-corrected chi connectivity index (χ0v) is 34.2. The van der Waals surface area contributed by atoms with Crippen molar-refractivity contribution in [1.82, 2.24) is 5.32 Å². The van der Waals surface area contributed by atoms with Crippen LogP contribution in [0.4, 0.5) is 0 Å². The van der Waals surface area contributed by atoms with Crippen LogP contribution in [0.3, 0.4) is 0 Å². The van der Waals surface area contributed by atoms with Gasteiger partial charge in [-0.2, -0.15) is 0 Å². The van der Waals surface area contributed by atoms with Gasteiger partial charge in [0, 0.05) is 0 Å². The Morgan fingerprint density at radius 1 is 0.490 bits per heavy atom. The fourth-order valence-corrected chi connectivity index (χ4v) is 6.98. The highest BCUT2D eigenvalue weighted by Gasteiger charge is 2.20. The van der Waals surface area contributed by atoms with Crippen LogP contribution in [0.25, 0.3) is 0 Å². The van der Waals surface area contributed by atoms with Crippen molar-refractivity contribution < 1.29 is 20.1 Å². The van der Waals surface area contributed by atoms with Crippen molar-refractivity contribution in [3.8, 4) is 0 Å². The Labute approximate surface area is 318 Å². The first-order valence-electron chi connectivity index (χ1n) is 22.6. The van der Waals surface area contributed by atoms with Crippen LogP contribution >= 0.6 is 0 Å². The molecule has 0 saturated carbocycles. The van der Waals surface area contributed by atoms with Gasteiger partial charge in [-0.3, -0.25) is 4.79 Å². The summed E-state index contributed by atoms with van der Waals surface area (Å²) in [5.41, 5.74) is 0. The summed E-state index contributed by atoms with van der Waals surface area (Å²) < 4.78 is 0. The largest absolute Gasteiger partial charge is 0.394 e. The molecule has 302 valence electrons. The highest BCUT2D eigenvalue weighted by Crippen LogP contribution is 2.15. The monoisotopic (exact) mass is 720 g/mol. The zero-order valence-electron chi connectivity index (χ0n) is 34.2. The highest BCUT2D eigenvalue weighted by molar-refractivity contribution is 5.76. The molecule has 0 aliphatic carbocycles. The minimum Gasteiger partial charge on any atom is -0.394 e. The maximum atomic E-state index is 12.4. The number of allylic oxidation sites excluding steroid dienone is 3. The second-order valence-electron chi connectivity index (χ2n) is 15.7. The zero-order chi connectivity index (χ0) is 37.3. The van der Waals surface area contributed by atoms with E-state index in [1.165, 1.54) is 186 Å². The first-order valence-corrected chi connectivity index (χ1v) is 22.6. The lowest BCUT2D eigenvalue weighted by atomic mass is 10.0. The first kappa shape index (κ1) is 49.8. The summed E-state index contributed by atoms with van der Waals surface area (Å²) in [5, 5.41) is 33.1. The molecule has 0 aliphatic rings. The number of hydrogen-bond acceptors (Lipinski definition) is 4. The van der Waals surface area contributed by atoms with E-state index in [9.17, 15) is 20.1 Å². The molecule has 51 heavy (non-hydrogen) atoms. The maximum absolute atomic E-state index is 12.4. The summed E-state index contributed by atoms with van der Waals surface area (Å²) in [6, 6.07) is -0.741. The second kappa shape index (κ2) is 41.6. The summed E-state index contributed by atoms with van der Waals surface area (Å²) in [7, 11) is 0. The van der Waals surface area contributed by atoms with Crippen LogP contribution in [-0.4, -0.2) is 46.1 Å². The summed E-state index contributed by atoms with van der Waals surface area (Å²) in [5.74, 6) is -0.317. The highest BCUT2D eigenvalue weighted by atomic mass is 16.3. The molecule has 0 aliphatic heterocycles. The Kier molecular flexibility index (Phi) is 40.6. The van der Waals surface area contributed by atoms with E-state index in [0.717, 1.165) is 25.7 Å². The molecule has 0 aromatic carbocycles. The molecule has 5 heteroatoms. The van der Waals surface area contributed by atoms with Crippen molar-refractivity contribution in [2.45, 2.75) is 257 Å². The molecule has 0 aromatic heterocycles. The number of carbonyl (C=O) groups is 1. The summed E-state index contributed by atoms with van der Waals surface area (Å²) in [4.78, 5) is 12.4. The van der Waals surface area contributed by atoms with Gasteiger partial charge in [-0.05, 0) is 44.9 Å². The molecule has 3 unspecified atom stereocenters. The van der Waals surface area contributed by atoms with Crippen LogP contribution in [0, 0.1) is 0 Å². The molecule has 0 rings (SSSR count). The van der Waals surface area contributed by atoms with Crippen LogP contribution in [0.1, 0.15) is 239 Å². The predicted molar refractivity (Wildman–Crippen MR) is 222 cm³/mol. The third-order valence-corrected chi connectivity index (χ3v) is 10.5. The van der Waals surface area contributed by atoms with E-state index >= 15 is 0 Å². The number of unbranched alkanes of at least 4 members (excludes halogenated alkanes) is 30. The van der Waals surface area contributed by atoms with Crippen LogP contribution in [-0.2, 0) is 4.79 Å². The van der Waals surface area contributed by atoms with Crippen molar-refractivity contribution in [1.29, 1.82) is 0 Å². The predicted octanol–water partition coefficient (Wildman–Crippen LogP) is 13.0. The summed E-state index contributed by atoms with van der Waals surface area (Å²) in [6.45, 7) is 4.20. The lowest BCUT2D eigenvalue weighted by Crippen LogP contribution is -2.45. The molecule has 0 aromatic rings. The molecule has 3 atom stereocenters. The Balaban J connectivity index is 3.58. The number of nitrogens with one attached hydrogen (secondary N) is 1. The SMILES string of the molecule is CCCCCCCCCCC/C=C/C(O)C(CO)NC(=O)CC(O)CCCCCCCCCCC/C=C\CCCCCCCCCCCCCC. The molecular weight excluding hydrogens is 631 g/mol. The number of carbonyl (C=O) groups excluding carboxylic acids is 1. The van der Waals surface area contributed by atoms with E-state index in [2.05, 4.69) is 31.3 Å². The van der Waals surface area contributed by atoms with Crippen LogP contribution < -0.4 is 5.32 Å². The molecule has 4 N–H and O–H groups in total.